The standard InChI is InChI=1S/C12H14ClN3O2/c1-16(2)10-4-3-7(5-8(10)13)14-9-6-11(17)15-12(9)18/h3-5,9,14H,6H2,1-2H3,(H,15,17,18). The molecule has 1 aliphatic heterocycles. The zero-order valence-corrected chi connectivity index (χ0v) is 10.9. The topological polar surface area (TPSA) is 61.4 Å². The van der Waals surface area contributed by atoms with Gasteiger partial charge in [0.2, 0.25) is 11.8 Å². The molecule has 2 N–H and O–H groups in total. The number of anilines is 2. The van der Waals surface area contributed by atoms with Crippen LogP contribution in [-0.2, 0) is 9.59 Å². The number of nitrogens with zero attached hydrogens (tertiary/aromatic N) is 1. The maximum atomic E-state index is 11.4. The summed E-state index contributed by atoms with van der Waals surface area (Å²) in [5, 5.41) is 5.83. The predicted octanol–water partition coefficient (Wildman–Crippen LogP) is 1.23. The van der Waals surface area contributed by atoms with Gasteiger partial charge in [-0.15, -0.1) is 0 Å². The van der Waals surface area contributed by atoms with Gasteiger partial charge in [0.05, 0.1) is 17.1 Å². The van der Waals surface area contributed by atoms with E-state index in [1.54, 1.807) is 6.07 Å². The number of halogens is 1. The van der Waals surface area contributed by atoms with Crippen molar-refractivity contribution in [3.63, 3.8) is 0 Å². The van der Waals surface area contributed by atoms with Crippen molar-refractivity contribution >= 4 is 34.8 Å². The second kappa shape index (κ2) is 4.86. The van der Waals surface area contributed by atoms with Crippen LogP contribution in [0, 0.1) is 0 Å². The number of amides is 2. The van der Waals surface area contributed by atoms with Crippen molar-refractivity contribution in [2.75, 3.05) is 24.3 Å². The SMILES string of the molecule is CN(C)c1ccc(NC2CC(=O)NC2=O)cc1Cl. The van der Waals surface area contributed by atoms with Crippen molar-refractivity contribution in [3.8, 4) is 0 Å². The first kappa shape index (κ1) is 12.7. The zero-order chi connectivity index (χ0) is 13.3. The molecule has 1 aliphatic rings. The molecule has 96 valence electrons. The molecule has 18 heavy (non-hydrogen) atoms. The molecule has 0 spiro atoms. The Kier molecular flexibility index (Phi) is 3.43. The van der Waals surface area contributed by atoms with Gasteiger partial charge in [-0.3, -0.25) is 14.9 Å². The van der Waals surface area contributed by atoms with Gasteiger partial charge in [-0.1, -0.05) is 11.6 Å². The molecule has 1 aromatic rings. The molecule has 2 rings (SSSR count). The number of carbonyl (C=O) groups is 2. The fourth-order valence-corrected chi connectivity index (χ4v) is 2.18. The second-order valence-electron chi connectivity index (χ2n) is 4.37. The fourth-order valence-electron chi connectivity index (χ4n) is 1.83. The molecule has 6 heteroatoms. The highest BCUT2D eigenvalue weighted by Gasteiger charge is 2.30. The van der Waals surface area contributed by atoms with Gasteiger partial charge < -0.3 is 10.2 Å². The number of benzene rings is 1. The van der Waals surface area contributed by atoms with Gasteiger partial charge >= 0.3 is 0 Å². The molecule has 0 aromatic heterocycles. The van der Waals surface area contributed by atoms with Crippen LogP contribution in [0.15, 0.2) is 18.2 Å². The van der Waals surface area contributed by atoms with Crippen LogP contribution in [0.1, 0.15) is 6.42 Å². The van der Waals surface area contributed by atoms with Crippen molar-refractivity contribution in [2.24, 2.45) is 0 Å². The number of carbonyl (C=O) groups excluding carboxylic acids is 2. The molecule has 1 atom stereocenters. The Morgan fingerprint density at radius 1 is 1.39 bits per heavy atom. The highest BCUT2D eigenvalue weighted by atomic mass is 35.5. The third-order valence-electron chi connectivity index (χ3n) is 2.74. The Labute approximate surface area is 110 Å². The van der Waals surface area contributed by atoms with Crippen LogP contribution in [0.3, 0.4) is 0 Å². The first-order valence-corrected chi connectivity index (χ1v) is 5.92. The first-order chi connectivity index (χ1) is 8.47. The largest absolute Gasteiger partial charge is 0.376 e. The highest BCUT2D eigenvalue weighted by Crippen LogP contribution is 2.28. The van der Waals surface area contributed by atoms with E-state index >= 15 is 0 Å². The van der Waals surface area contributed by atoms with E-state index in [1.165, 1.54) is 0 Å². The van der Waals surface area contributed by atoms with Gasteiger partial charge in [0.1, 0.15) is 6.04 Å². The Hall–Kier alpha value is -1.75. The van der Waals surface area contributed by atoms with Crippen LogP contribution in [0.2, 0.25) is 5.02 Å². The van der Waals surface area contributed by atoms with E-state index in [1.807, 2.05) is 31.1 Å². The summed E-state index contributed by atoms with van der Waals surface area (Å²) < 4.78 is 0. The average molecular weight is 268 g/mol. The van der Waals surface area contributed by atoms with Crippen LogP contribution in [0.25, 0.3) is 0 Å². The quantitative estimate of drug-likeness (QED) is 0.809. The Balaban J connectivity index is 2.13. The lowest BCUT2D eigenvalue weighted by molar-refractivity contribution is -0.124. The van der Waals surface area contributed by atoms with Crippen LogP contribution < -0.4 is 15.5 Å². The molecular weight excluding hydrogens is 254 g/mol. The Morgan fingerprint density at radius 3 is 2.61 bits per heavy atom. The molecule has 1 saturated heterocycles. The van der Waals surface area contributed by atoms with E-state index in [-0.39, 0.29) is 18.2 Å². The van der Waals surface area contributed by atoms with E-state index in [2.05, 4.69) is 10.6 Å². The van der Waals surface area contributed by atoms with E-state index < -0.39 is 6.04 Å². The molecule has 1 aromatic carbocycles. The molecule has 1 unspecified atom stereocenters. The zero-order valence-electron chi connectivity index (χ0n) is 10.2. The van der Waals surface area contributed by atoms with Gasteiger partial charge in [-0.2, -0.15) is 0 Å². The van der Waals surface area contributed by atoms with E-state index in [0.717, 1.165) is 11.4 Å². The minimum Gasteiger partial charge on any atom is -0.376 e. The molecule has 1 heterocycles. The maximum absolute atomic E-state index is 11.4. The second-order valence-corrected chi connectivity index (χ2v) is 4.78. The lowest BCUT2D eigenvalue weighted by Crippen LogP contribution is -2.30. The number of hydrogen-bond acceptors (Lipinski definition) is 4. The highest BCUT2D eigenvalue weighted by molar-refractivity contribution is 6.33. The van der Waals surface area contributed by atoms with Gasteiger partial charge in [0.25, 0.3) is 0 Å². The summed E-state index contributed by atoms with van der Waals surface area (Å²) in [6.45, 7) is 0. The smallest absolute Gasteiger partial charge is 0.249 e. The van der Waals surface area contributed by atoms with Crippen LogP contribution in [-0.4, -0.2) is 32.0 Å². The third kappa shape index (κ3) is 2.56. The minimum atomic E-state index is -0.515. The van der Waals surface area contributed by atoms with Crippen LogP contribution >= 0.6 is 11.6 Å². The Bertz CT molecular complexity index is 502. The fraction of sp³-hybridized carbons (Fsp3) is 0.333. The van der Waals surface area contributed by atoms with Crippen molar-refractivity contribution in [1.29, 1.82) is 0 Å². The number of rotatable bonds is 3. The normalized spacial score (nSPS) is 18.7. The van der Waals surface area contributed by atoms with Gasteiger partial charge in [0.15, 0.2) is 0 Å². The maximum Gasteiger partial charge on any atom is 0.249 e. The summed E-state index contributed by atoms with van der Waals surface area (Å²) in [6.07, 6.45) is 0.159. The van der Waals surface area contributed by atoms with Crippen LogP contribution in [0.4, 0.5) is 11.4 Å². The predicted molar refractivity (Wildman–Crippen MR) is 71.0 cm³/mol. The molecule has 2 amide bonds. The number of hydrogen-bond donors (Lipinski definition) is 2. The van der Waals surface area contributed by atoms with Crippen molar-refractivity contribution < 1.29 is 9.59 Å². The summed E-state index contributed by atoms with van der Waals surface area (Å²) in [5.74, 6) is -0.554. The molecular formula is C12H14ClN3O2. The molecule has 0 saturated carbocycles. The lowest BCUT2D eigenvalue weighted by Gasteiger charge is -2.16. The molecule has 0 bridgehead atoms. The average Bonchev–Trinajstić information content (AvgIpc) is 2.57. The van der Waals surface area contributed by atoms with Crippen molar-refractivity contribution in [3.05, 3.63) is 23.2 Å². The van der Waals surface area contributed by atoms with Gasteiger partial charge in [-0.25, -0.2) is 0 Å². The summed E-state index contributed by atoms with van der Waals surface area (Å²) in [4.78, 5) is 24.4. The summed E-state index contributed by atoms with van der Waals surface area (Å²) in [6, 6.07) is 4.92. The number of imide groups is 1. The van der Waals surface area contributed by atoms with E-state index in [9.17, 15) is 9.59 Å². The summed E-state index contributed by atoms with van der Waals surface area (Å²) in [5.41, 5.74) is 1.62. The minimum absolute atomic E-state index is 0.159. The first-order valence-electron chi connectivity index (χ1n) is 5.54. The summed E-state index contributed by atoms with van der Waals surface area (Å²) >= 11 is 6.13. The van der Waals surface area contributed by atoms with E-state index in [0.29, 0.717) is 5.02 Å². The Morgan fingerprint density at radius 2 is 2.11 bits per heavy atom. The molecule has 5 nitrogen and oxygen atoms in total. The van der Waals surface area contributed by atoms with Gasteiger partial charge in [0, 0.05) is 19.8 Å². The lowest BCUT2D eigenvalue weighted by atomic mass is 10.2. The molecule has 0 aliphatic carbocycles. The molecule has 0 radical (unpaired) electrons. The monoisotopic (exact) mass is 267 g/mol. The third-order valence-corrected chi connectivity index (χ3v) is 3.04. The number of nitrogens with one attached hydrogen (secondary N) is 2. The van der Waals surface area contributed by atoms with Gasteiger partial charge in [-0.05, 0) is 18.2 Å². The van der Waals surface area contributed by atoms with Crippen molar-refractivity contribution in [2.45, 2.75) is 12.5 Å². The van der Waals surface area contributed by atoms with E-state index in [4.69, 9.17) is 11.6 Å². The summed E-state index contributed by atoms with van der Waals surface area (Å²) in [7, 11) is 3.80. The van der Waals surface area contributed by atoms with Crippen molar-refractivity contribution in [1.82, 2.24) is 5.32 Å². The molecule has 1 fully saturated rings. The van der Waals surface area contributed by atoms with Crippen LogP contribution in [0.5, 0.6) is 0 Å².